The molecule has 0 aliphatic heterocycles. The molecule has 0 saturated carbocycles. The Morgan fingerprint density at radius 3 is 2.40 bits per heavy atom. The fraction of sp³-hybridized carbons (Fsp3) is 0.167. The normalized spacial score (nSPS) is 12.6. The number of thiazole rings is 1. The SMILES string of the molecule is CCOc1ccc2nc(SC(C)C(=O)n3c4ccccc4c4ccccc43)sc2c1. The Hall–Kier alpha value is -2.83. The van der Waals surface area contributed by atoms with Gasteiger partial charge in [-0.3, -0.25) is 9.36 Å². The first-order valence-corrected chi connectivity index (χ1v) is 11.6. The van der Waals surface area contributed by atoms with Crippen molar-refractivity contribution in [3.05, 3.63) is 66.7 Å². The highest BCUT2D eigenvalue weighted by Crippen LogP contribution is 2.36. The highest BCUT2D eigenvalue weighted by molar-refractivity contribution is 8.02. The van der Waals surface area contributed by atoms with Crippen LogP contribution in [0.3, 0.4) is 0 Å². The number of carbonyl (C=O) groups excluding carboxylic acids is 1. The van der Waals surface area contributed by atoms with E-state index >= 15 is 0 Å². The number of carbonyl (C=O) groups is 1. The summed E-state index contributed by atoms with van der Waals surface area (Å²) >= 11 is 3.11. The van der Waals surface area contributed by atoms with Gasteiger partial charge in [-0.15, -0.1) is 11.3 Å². The fourth-order valence-corrected chi connectivity index (χ4v) is 6.01. The number of thioether (sulfide) groups is 1. The molecule has 150 valence electrons. The van der Waals surface area contributed by atoms with Crippen LogP contribution in [0.15, 0.2) is 71.1 Å². The topological polar surface area (TPSA) is 44.1 Å². The summed E-state index contributed by atoms with van der Waals surface area (Å²) in [4.78, 5) is 18.2. The second-order valence-electron chi connectivity index (χ2n) is 7.01. The minimum atomic E-state index is -0.267. The Balaban J connectivity index is 1.49. The van der Waals surface area contributed by atoms with Gasteiger partial charge >= 0.3 is 0 Å². The molecule has 0 aliphatic carbocycles. The van der Waals surface area contributed by atoms with Crippen molar-refractivity contribution < 1.29 is 9.53 Å². The number of hydrogen-bond donors (Lipinski definition) is 0. The number of fused-ring (bicyclic) bond motifs is 4. The van der Waals surface area contributed by atoms with Crippen LogP contribution in [0, 0.1) is 0 Å². The minimum Gasteiger partial charge on any atom is -0.494 e. The zero-order valence-electron chi connectivity index (χ0n) is 16.7. The van der Waals surface area contributed by atoms with Crippen LogP contribution in [0.4, 0.5) is 0 Å². The van der Waals surface area contributed by atoms with E-state index in [1.807, 2.05) is 73.0 Å². The number of benzene rings is 3. The molecular formula is C24H20N2O2S2. The van der Waals surface area contributed by atoms with E-state index in [9.17, 15) is 4.79 Å². The first kappa shape index (κ1) is 19.2. The van der Waals surface area contributed by atoms with Crippen molar-refractivity contribution in [1.29, 1.82) is 0 Å². The van der Waals surface area contributed by atoms with E-state index in [1.165, 1.54) is 11.8 Å². The summed E-state index contributed by atoms with van der Waals surface area (Å²) in [5, 5.41) is 1.93. The van der Waals surface area contributed by atoms with Gasteiger partial charge in [-0.1, -0.05) is 48.2 Å². The third kappa shape index (κ3) is 3.26. The third-order valence-electron chi connectivity index (χ3n) is 5.08. The molecule has 30 heavy (non-hydrogen) atoms. The molecule has 0 spiro atoms. The third-order valence-corrected chi connectivity index (χ3v) is 7.28. The minimum absolute atomic E-state index is 0.0617. The summed E-state index contributed by atoms with van der Waals surface area (Å²) in [6.45, 7) is 4.56. The molecular weight excluding hydrogens is 412 g/mol. The highest BCUT2D eigenvalue weighted by Gasteiger charge is 2.22. The molecule has 0 amide bonds. The first-order valence-electron chi connectivity index (χ1n) is 9.88. The number of rotatable bonds is 5. The van der Waals surface area contributed by atoms with E-state index in [0.717, 1.165) is 42.1 Å². The van der Waals surface area contributed by atoms with Crippen molar-refractivity contribution in [2.75, 3.05) is 6.61 Å². The molecule has 0 aliphatic rings. The lowest BCUT2D eigenvalue weighted by atomic mass is 10.2. The molecule has 0 saturated heterocycles. The van der Waals surface area contributed by atoms with Crippen LogP contribution in [0.2, 0.25) is 0 Å². The molecule has 0 bridgehead atoms. The molecule has 5 rings (SSSR count). The standard InChI is InChI=1S/C24H20N2O2S2/c1-3-28-16-12-13-19-22(14-16)30-24(25-19)29-15(2)23(27)26-20-10-6-4-8-17(20)18-9-5-7-11-21(18)26/h4-15H,3H2,1-2H3. The van der Waals surface area contributed by atoms with Gasteiger partial charge in [-0.25, -0.2) is 4.98 Å². The summed E-state index contributed by atoms with van der Waals surface area (Å²) in [5.41, 5.74) is 2.83. The number of hydrogen-bond acceptors (Lipinski definition) is 5. The molecule has 4 nitrogen and oxygen atoms in total. The molecule has 0 fully saturated rings. The van der Waals surface area contributed by atoms with Crippen LogP contribution in [-0.4, -0.2) is 27.3 Å². The van der Waals surface area contributed by atoms with E-state index < -0.39 is 0 Å². The van der Waals surface area contributed by atoms with Gasteiger partial charge in [-0.2, -0.15) is 0 Å². The van der Waals surface area contributed by atoms with Crippen LogP contribution in [0.1, 0.15) is 18.6 Å². The average Bonchev–Trinajstić information content (AvgIpc) is 3.31. The lowest BCUT2D eigenvalue weighted by Crippen LogP contribution is -2.21. The van der Waals surface area contributed by atoms with Crippen LogP contribution in [0.5, 0.6) is 5.75 Å². The second-order valence-corrected chi connectivity index (χ2v) is 9.63. The van der Waals surface area contributed by atoms with Gasteiger partial charge in [-0.05, 0) is 44.2 Å². The Labute approximate surface area is 182 Å². The van der Waals surface area contributed by atoms with Crippen molar-refractivity contribution in [2.24, 2.45) is 0 Å². The Morgan fingerprint density at radius 2 is 1.73 bits per heavy atom. The lowest BCUT2D eigenvalue weighted by molar-refractivity contribution is 0.0925. The quantitative estimate of drug-likeness (QED) is 0.293. The van der Waals surface area contributed by atoms with Gasteiger partial charge in [0.25, 0.3) is 0 Å². The molecule has 5 aromatic rings. The maximum atomic E-state index is 13.5. The Morgan fingerprint density at radius 1 is 1.07 bits per heavy atom. The van der Waals surface area contributed by atoms with E-state index in [0.29, 0.717) is 6.61 Å². The van der Waals surface area contributed by atoms with Crippen molar-refractivity contribution >= 4 is 61.0 Å². The summed E-state index contributed by atoms with van der Waals surface area (Å²) in [6.07, 6.45) is 0. The predicted molar refractivity (Wildman–Crippen MR) is 126 cm³/mol. The maximum absolute atomic E-state index is 13.5. The van der Waals surface area contributed by atoms with Gasteiger partial charge in [0.1, 0.15) is 5.75 Å². The molecule has 0 radical (unpaired) electrons. The highest BCUT2D eigenvalue weighted by atomic mass is 32.2. The van der Waals surface area contributed by atoms with E-state index in [2.05, 4.69) is 12.1 Å². The van der Waals surface area contributed by atoms with Crippen molar-refractivity contribution in [3.63, 3.8) is 0 Å². The largest absolute Gasteiger partial charge is 0.494 e. The smallest absolute Gasteiger partial charge is 0.244 e. The van der Waals surface area contributed by atoms with Crippen LogP contribution in [0.25, 0.3) is 32.0 Å². The molecule has 6 heteroatoms. The first-order chi connectivity index (χ1) is 14.7. The molecule has 2 heterocycles. The van der Waals surface area contributed by atoms with Crippen LogP contribution >= 0.6 is 23.1 Å². The van der Waals surface area contributed by atoms with Crippen LogP contribution < -0.4 is 4.74 Å². The molecule has 1 unspecified atom stereocenters. The summed E-state index contributed by atoms with van der Waals surface area (Å²) in [7, 11) is 0. The zero-order valence-corrected chi connectivity index (χ0v) is 18.3. The molecule has 1 atom stereocenters. The summed E-state index contributed by atoms with van der Waals surface area (Å²) < 4.78 is 9.40. The zero-order chi connectivity index (χ0) is 20.7. The molecule has 3 aromatic carbocycles. The molecule has 0 N–H and O–H groups in total. The number of nitrogens with zero attached hydrogens (tertiary/aromatic N) is 2. The van der Waals surface area contributed by atoms with Crippen LogP contribution in [-0.2, 0) is 0 Å². The fourth-order valence-electron chi connectivity index (χ4n) is 3.73. The predicted octanol–water partition coefficient (Wildman–Crippen LogP) is 6.62. The van der Waals surface area contributed by atoms with Crippen molar-refractivity contribution in [3.8, 4) is 5.75 Å². The van der Waals surface area contributed by atoms with Crippen molar-refractivity contribution in [1.82, 2.24) is 9.55 Å². The summed E-state index contributed by atoms with van der Waals surface area (Å²) in [5.74, 6) is 0.909. The lowest BCUT2D eigenvalue weighted by Gasteiger charge is -2.11. The summed E-state index contributed by atoms with van der Waals surface area (Å²) in [6, 6.07) is 22.1. The Bertz CT molecular complexity index is 1330. The number of ether oxygens (including phenoxy) is 1. The number of aromatic nitrogens is 2. The van der Waals surface area contributed by atoms with Gasteiger partial charge in [0, 0.05) is 10.8 Å². The second kappa shape index (κ2) is 7.78. The van der Waals surface area contributed by atoms with E-state index in [4.69, 9.17) is 9.72 Å². The van der Waals surface area contributed by atoms with Crippen molar-refractivity contribution in [2.45, 2.75) is 23.4 Å². The van der Waals surface area contributed by atoms with Gasteiger partial charge in [0.2, 0.25) is 5.91 Å². The Kier molecular flexibility index (Phi) is 4.97. The van der Waals surface area contributed by atoms with Gasteiger partial charge in [0.15, 0.2) is 4.34 Å². The maximum Gasteiger partial charge on any atom is 0.244 e. The monoisotopic (exact) mass is 432 g/mol. The average molecular weight is 433 g/mol. The van der Waals surface area contributed by atoms with E-state index in [-0.39, 0.29) is 11.2 Å². The van der Waals surface area contributed by atoms with E-state index in [1.54, 1.807) is 11.3 Å². The molecule has 2 aromatic heterocycles. The number of para-hydroxylation sites is 2. The van der Waals surface area contributed by atoms with Gasteiger partial charge in [0.05, 0.1) is 33.1 Å². The van der Waals surface area contributed by atoms with Gasteiger partial charge < -0.3 is 4.74 Å².